The number of amides is 2. The summed E-state index contributed by atoms with van der Waals surface area (Å²) in [6.45, 7) is 0. The van der Waals surface area contributed by atoms with E-state index in [1.807, 2.05) is 18.2 Å². The normalized spacial score (nSPS) is 27.7. The van der Waals surface area contributed by atoms with Gasteiger partial charge in [0.05, 0.1) is 11.4 Å². The summed E-state index contributed by atoms with van der Waals surface area (Å²) in [7, 11) is 0. The third-order valence-electron chi connectivity index (χ3n) is 4.94. The molecule has 2 unspecified atom stereocenters. The molecule has 0 spiro atoms. The van der Waals surface area contributed by atoms with Gasteiger partial charge in [-0.3, -0.25) is 9.59 Å². The molecular formula is C17H22ClN3O2S. The van der Waals surface area contributed by atoms with E-state index in [4.69, 9.17) is 0 Å². The highest BCUT2D eigenvalue weighted by Gasteiger charge is 2.34. The highest BCUT2D eigenvalue weighted by molar-refractivity contribution is 8.00. The van der Waals surface area contributed by atoms with Gasteiger partial charge in [0, 0.05) is 29.1 Å². The molecule has 0 aliphatic carbocycles. The number of piperidine rings is 1. The maximum absolute atomic E-state index is 12.3. The predicted molar refractivity (Wildman–Crippen MR) is 99.0 cm³/mol. The summed E-state index contributed by atoms with van der Waals surface area (Å²) in [5, 5.41) is 9.45. The Morgan fingerprint density at radius 3 is 2.75 bits per heavy atom. The van der Waals surface area contributed by atoms with Crippen LogP contribution in [0.4, 0.5) is 11.4 Å². The first-order chi connectivity index (χ1) is 11.2. The van der Waals surface area contributed by atoms with E-state index in [1.54, 1.807) is 0 Å². The third-order valence-corrected chi connectivity index (χ3v) is 6.01. The lowest BCUT2D eigenvalue weighted by atomic mass is 9.89. The summed E-state index contributed by atoms with van der Waals surface area (Å²) in [6.07, 6.45) is 5.32. The fourth-order valence-corrected chi connectivity index (χ4v) is 4.77. The molecule has 1 aromatic rings. The van der Waals surface area contributed by atoms with Crippen LogP contribution in [0.15, 0.2) is 23.1 Å². The summed E-state index contributed by atoms with van der Waals surface area (Å²) in [6, 6.07) is 6.95. The summed E-state index contributed by atoms with van der Waals surface area (Å²) < 4.78 is 0. The van der Waals surface area contributed by atoms with Crippen LogP contribution >= 0.6 is 24.2 Å². The largest absolute Gasteiger partial charge is 0.326 e. The van der Waals surface area contributed by atoms with Gasteiger partial charge in [0.2, 0.25) is 11.8 Å². The fraction of sp³-hybridized carbons (Fsp3) is 0.529. The molecule has 0 aromatic heterocycles. The molecule has 5 nitrogen and oxygen atoms in total. The first kappa shape index (κ1) is 17.6. The van der Waals surface area contributed by atoms with Gasteiger partial charge in [-0.25, -0.2) is 0 Å². The van der Waals surface area contributed by atoms with Crippen molar-refractivity contribution in [2.24, 2.45) is 5.92 Å². The number of carbonyl (C=O) groups excluding carboxylic acids is 2. The Labute approximate surface area is 152 Å². The van der Waals surface area contributed by atoms with Gasteiger partial charge in [-0.15, -0.1) is 24.2 Å². The molecule has 2 amide bonds. The van der Waals surface area contributed by atoms with E-state index in [9.17, 15) is 9.59 Å². The number of fused-ring (bicyclic) bond motifs is 3. The molecular weight excluding hydrogens is 346 g/mol. The predicted octanol–water partition coefficient (Wildman–Crippen LogP) is 3.01. The van der Waals surface area contributed by atoms with Crippen molar-refractivity contribution in [1.82, 2.24) is 5.32 Å². The van der Waals surface area contributed by atoms with Crippen LogP contribution in [0, 0.1) is 5.92 Å². The number of hydrogen-bond acceptors (Lipinski definition) is 4. The number of anilines is 2. The van der Waals surface area contributed by atoms with Gasteiger partial charge in [0.15, 0.2) is 0 Å². The molecule has 0 saturated carbocycles. The maximum atomic E-state index is 12.3. The standard InChI is InChI=1S/C17H21N3O2S.ClH/c21-16(7-10-5-11-1-2-12(6-10)18-11)19-13-3-4-15-14(8-13)20-17(22)9-23-15;/h3-4,8,10-12,18H,1-2,5-7,9H2,(H,19,21)(H,20,22);1H. The SMILES string of the molecule is Cl.O=C(CC1CC2CCC(C1)N2)Nc1ccc2c(c1)NC(=O)CS2. The van der Waals surface area contributed by atoms with Crippen molar-refractivity contribution < 1.29 is 9.59 Å². The van der Waals surface area contributed by atoms with Gasteiger partial charge in [-0.05, 0) is 49.8 Å². The monoisotopic (exact) mass is 367 g/mol. The fourth-order valence-electron chi connectivity index (χ4n) is 3.98. The van der Waals surface area contributed by atoms with Crippen molar-refractivity contribution in [3.8, 4) is 0 Å². The van der Waals surface area contributed by atoms with Crippen molar-refractivity contribution in [3.63, 3.8) is 0 Å². The zero-order chi connectivity index (χ0) is 15.8. The molecule has 3 aliphatic heterocycles. The second-order valence-electron chi connectivity index (χ2n) is 6.78. The summed E-state index contributed by atoms with van der Waals surface area (Å²) in [5.41, 5.74) is 1.55. The third kappa shape index (κ3) is 3.87. The van der Waals surface area contributed by atoms with Crippen LogP contribution in [0.2, 0.25) is 0 Å². The van der Waals surface area contributed by atoms with E-state index >= 15 is 0 Å². The summed E-state index contributed by atoms with van der Waals surface area (Å²) in [5.74, 6) is 1.03. The minimum absolute atomic E-state index is 0. The number of carbonyl (C=O) groups is 2. The molecule has 2 atom stereocenters. The van der Waals surface area contributed by atoms with E-state index in [0.717, 1.165) is 29.1 Å². The first-order valence-electron chi connectivity index (χ1n) is 8.28. The average molecular weight is 368 g/mol. The Morgan fingerprint density at radius 1 is 1.25 bits per heavy atom. The lowest BCUT2D eigenvalue weighted by molar-refractivity contribution is -0.117. The molecule has 1 aromatic carbocycles. The van der Waals surface area contributed by atoms with Gasteiger partial charge in [-0.1, -0.05) is 0 Å². The van der Waals surface area contributed by atoms with Crippen LogP contribution in [0.25, 0.3) is 0 Å². The van der Waals surface area contributed by atoms with Gasteiger partial charge in [0.25, 0.3) is 0 Å². The summed E-state index contributed by atoms with van der Waals surface area (Å²) >= 11 is 1.53. The highest BCUT2D eigenvalue weighted by atomic mass is 35.5. The quantitative estimate of drug-likeness (QED) is 0.768. The maximum Gasteiger partial charge on any atom is 0.234 e. The second kappa shape index (κ2) is 7.33. The molecule has 24 heavy (non-hydrogen) atoms. The van der Waals surface area contributed by atoms with E-state index in [1.165, 1.54) is 24.6 Å². The van der Waals surface area contributed by atoms with Crippen molar-refractivity contribution in [2.45, 2.75) is 49.1 Å². The number of nitrogens with one attached hydrogen (secondary N) is 3. The Balaban J connectivity index is 0.00000169. The number of hydrogen-bond donors (Lipinski definition) is 3. The molecule has 3 N–H and O–H groups in total. The van der Waals surface area contributed by atoms with Gasteiger partial charge in [0.1, 0.15) is 0 Å². The first-order valence-corrected chi connectivity index (χ1v) is 9.27. The zero-order valence-corrected chi connectivity index (χ0v) is 15.0. The van der Waals surface area contributed by atoms with Crippen molar-refractivity contribution in [2.75, 3.05) is 16.4 Å². The van der Waals surface area contributed by atoms with Gasteiger partial charge in [-0.2, -0.15) is 0 Å². The molecule has 0 radical (unpaired) electrons. The number of rotatable bonds is 3. The van der Waals surface area contributed by atoms with Crippen LogP contribution in [0.3, 0.4) is 0 Å². The Hall–Kier alpha value is -1.24. The number of benzene rings is 1. The zero-order valence-electron chi connectivity index (χ0n) is 13.3. The minimum Gasteiger partial charge on any atom is -0.326 e. The summed E-state index contributed by atoms with van der Waals surface area (Å²) in [4.78, 5) is 24.8. The molecule has 3 heterocycles. The molecule has 130 valence electrons. The topological polar surface area (TPSA) is 70.2 Å². The Kier molecular flexibility index (Phi) is 5.37. The minimum atomic E-state index is 0. The number of thioether (sulfide) groups is 1. The van der Waals surface area contributed by atoms with E-state index in [2.05, 4.69) is 16.0 Å². The molecule has 2 saturated heterocycles. The van der Waals surface area contributed by atoms with Crippen LogP contribution in [-0.4, -0.2) is 29.7 Å². The Bertz CT molecular complexity index is 643. The average Bonchev–Trinajstić information content (AvgIpc) is 2.85. The van der Waals surface area contributed by atoms with Crippen LogP contribution in [-0.2, 0) is 9.59 Å². The highest BCUT2D eigenvalue weighted by Crippen LogP contribution is 2.34. The molecule has 2 fully saturated rings. The van der Waals surface area contributed by atoms with Crippen LogP contribution < -0.4 is 16.0 Å². The molecule has 3 aliphatic rings. The van der Waals surface area contributed by atoms with E-state index < -0.39 is 0 Å². The van der Waals surface area contributed by atoms with Crippen molar-refractivity contribution >= 4 is 47.4 Å². The van der Waals surface area contributed by atoms with Gasteiger partial charge < -0.3 is 16.0 Å². The van der Waals surface area contributed by atoms with Crippen LogP contribution in [0.1, 0.15) is 32.1 Å². The molecule has 2 bridgehead atoms. The lowest BCUT2D eigenvalue weighted by Gasteiger charge is -2.28. The van der Waals surface area contributed by atoms with E-state index in [-0.39, 0.29) is 24.2 Å². The van der Waals surface area contributed by atoms with Crippen molar-refractivity contribution in [1.29, 1.82) is 0 Å². The number of halogens is 1. The molecule has 7 heteroatoms. The lowest BCUT2D eigenvalue weighted by Crippen LogP contribution is -2.39. The van der Waals surface area contributed by atoms with Gasteiger partial charge >= 0.3 is 0 Å². The van der Waals surface area contributed by atoms with Crippen molar-refractivity contribution in [3.05, 3.63) is 18.2 Å². The Morgan fingerprint density at radius 2 is 2.00 bits per heavy atom. The molecule has 4 rings (SSSR count). The second-order valence-corrected chi connectivity index (χ2v) is 7.79. The smallest absolute Gasteiger partial charge is 0.234 e. The van der Waals surface area contributed by atoms with Crippen LogP contribution in [0.5, 0.6) is 0 Å². The van der Waals surface area contributed by atoms with E-state index in [0.29, 0.717) is 30.2 Å².